The Kier molecular flexibility index (Phi) is 6.03. The van der Waals surface area contributed by atoms with Crippen molar-refractivity contribution in [2.24, 2.45) is 0 Å². The van der Waals surface area contributed by atoms with E-state index in [1.807, 2.05) is 45.2 Å². The zero-order valence-corrected chi connectivity index (χ0v) is 19.5. The van der Waals surface area contributed by atoms with Crippen LogP contribution in [0.15, 0.2) is 30.5 Å². The highest BCUT2D eigenvalue weighted by molar-refractivity contribution is 5.68. The second-order valence-electron chi connectivity index (χ2n) is 9.84. The van der Waals surface area contributed by atoms with Crippen molar-refractivity contribution in [1.29, 1.82) is 0 Å². The van der Waals surface area contributed by atoms with Gasteiger partial charge in [-0.15, -0.1) is 0 Å². The van der Waals surface area contributed by atoms with Crippen LogP contribution in [-0.2, 0) is 11.2 Å². The molecule has 2 aliphatic heterocycles. The third-order valence-corrected chi connectivity index (χ3v) is 6.32. The summed E-state index contributed by atoms with van der Waals surface area (Å²) in [5.74, 6) is 0.699. The molecule has 172 valence electrons. The van der Waals surface area contributed by atoms with Crippen molar-refractivity contribution in [1.82, 2.24) is 15.2 Å². The predicted octanol–water partition coefficient (Wildman–Crippen LogP) is 4.08. The van der Waals surface area contributed by atoms with Gasteiger partial charge in [-0.2, -0.15) is 0 Å². The SMILES string of the molecule is COc1cc2c(cc1O)CCN1C[C@H](c3cc(C)ccn3)[C@@H](NC(=O)OC(C)(C)C)C[C@H]21. The van der Waals surface area contributed by atoms with Gasteiger partial charge in [0.25, 0.3) is 0 Å². The third kappa shape index (κ3) is 4.67. The molecule has 3 heterocycles. The number of amides is 1. The number of methoxy groups -OCH3 is 1. The van der Waals surface area contributed by atoms with E-state index in [1.165, 1.54) is 0 Å². The second kappa shape index (κ2) is 8.62. The topological polar surface area (TPSA) is 83.9 Å². The molecule has 1 amide bonds. The van der Waals surface area contributed by atoms with Crippen LogP contribution in [0.2, 0.25) is 0 Å². The molecule has 0 bridgehead atoms. The number of aryl methyl sites for hydroxylation is 1. The highest BCUT2D eigenvalue weighted by Gasteiger charge is 2.41. The van der Waals surface area contributed by atoms with Gasteiger partial charge in [-0.25, -0.2) is 4.79 Å². The molecule has 7 nitrogen and oxygen atoms in total. The van der Waals surface area contributed by atoms with Crippen LogP contribution >= 0.6 is 0 Å². The van der Waals surface area contributed by atoms with E-state index in [2.05, 4.69) is 28.2 Å². The number of nitrogens with one attached hydrogen (secondary N) is 1. The van der Waals surface area contributed by atoms with Gasteiger partial charge in [0.15, 0.2) is 11.5 Å². The van der Waals surface area contributed by atoms with Crippen LogP contribution in [0.25, 0.3) is 0 Å². The van der Waals surface area contributed by atoms with Crippen LogP contribution in [0.4, 0.5) is 4.79 Å². The van der Waals surface area contributed by atoms with Crippen molar-refractivity contribution >= 4 is 6.09 Å². The molecule has 0 spiro atoms. The molecule has 0 unspecified atom stereocenters. The molecule has 1 fully saturated rings. The van der Waals surface area contributed by atoms with Crippen molar-refractivity contribution in [2.75, 3.05) is 20.2 Å². The van der Waals surface area contributed by atoms with E-state index in [0.717, 1.165) is 48.3 Å². The first-order valence-corrected chi connectivity index (χ1v) is 11.2. The van der Waals surface area contributed by atoms with Gasteiger partial charge in [-0.1, -0.05) is 0 Å². The number of alkyl carbamates (subject to hydrolysis) is 1. The summed E-state index contributed by atoms with van der Waals surface area (Å²) in [6.45, 7) is 9.33. The molecule has 32 heavy (non-hydrogen) atoms. The number of fused-ring (bicyclic) bond motifs is 3. The summed E-state index contributed by atoms with van der Waals surface area (Å²) in [5, 5.41) is 13.4. The summed E-state index contributed by atoms with van der Waals surface area (Å²) in [7, 11) is 1.56. The number of carbonyl (C=O) groups excluding carboxylic acids is 1. The first kappa shape index (κ1) is 22.4. The number of aromatic nitrogens is 1. The van der Waals surface area contributed by atoms with Gasteiger partial charge in [0.2, 0.25) is 0 Å². The van der Waals surface area contributed by atoms with Crippen LogP contribution < -0.4 is 10.1 Å². The number of pyridine rings is 1. The number of phenols is 1. The van der Waals surface area contributed by atoms with Crippen molar-refractivity contribution < 1.29 is 19.4 Å². The van der Waals surface area contributed by atoms with Gasteiger partial charge >= 0.3 is 6.09 Å². The molecule has 2 N–H and O–H groups in total. The van der Waals surface area contributed by atoms with Crippen LogP contribution in [0.1, 0.15) is 61.5 Å². The molecule has 4 rings (SSSR count). The third-order valence-electron chi connectivity index (χ3n) is 6.32. The lowest BCUT2D eigenvalue weighted by molar-refractivity contribution is 0.0411. The van der Waals surface area contributed by atoms with E-state index in [4.69, 9.17) is 9.47 Å². The number of hydrogen-bond acceptors (Lipinski definition) is 6. The van der Waals surface area contributed by atoms with E-state index in [1.54, 1.807) is 7.11 Å². The minimum absolute atomic E-state index is 0.0548. The molecule has 0 aliphatic carbocycles. The Balaban J connectivity index is 1.67. The first-order chi connectivity index (χ1) is 15.1. The second-order valence-corrected chi connectivity index (χ2v) is 9.84. The standard InChI is InChI=1S/C25H33N3O4/c1-15-6-8-26-19(10-15)18-14-28-9-7-16-11-22(29)23(31-5)12-17(16)21(28)13-20(18)27-24(30)32-25(2,3)4/h6,8,10-12,18,20-21,29H,7,9,13-14H2,1-5H3,(H,27,30)/t18-,20+,21-/m1/s1. The Bertz CT molecular complexity index is 1000. The average Bonchev–Trinajstić information content (AvgIpc) is 2.71. The Morgan fingerprint density at radius 1 is 1.28 bits per heavy atom. The summed E-state index contributed by atoms with van der Waals surface area (Å²) >= 11 is 0. The normalized spacial score (nSPS) is 23.1. The molecule has 1 aromatic heterocycles. The first-order valence-electron chi connectivity index (χ1n) is 11.2. The van der Waals surface area contributed by atoms with Gasteiger partial charge in [0.1, 0.15) is 5.60 Å². The number of piperidine rings is 1. The number of aromatic hydroxyl groups is 1. The Morgan fingerprint density at radius 2 is 2.06 bits per heavy atom. The number of benzene rings is 1. The number of carbonyl (C=O) groups is 1. The van der Waals surface area contributed by atoms with E-state index < -0.39 is 11.7 Å². The monoisotopic (exact) mass is 439 g/mol. The molecule has 2 aromatic rings. The maximum absolute atomic E-state index is 12.7. The van der Waals surface area contributed by atoms with Crippen molar-refractivity contribution in [3.8, 4) is 11.5 Å². The average molecular weight is 440 g/mol. The van der Waals surface area contributed by atoms with E-state index >= 15 is 0 Å². The fourth-order valence-electron chi connectivity index (χ4n) is 4.89. The summed E-state index contributed by atoms with van der Waals surface area (Å²) in [6.07, 6.45) is 3.01. The van der Waals surface area contributed by atoms with Gasteiger partial charge in [0.05, 0.1) is 7.11 Å². The van der Waals surface area contributed by atoms with E-state index in [-0.39, 0.29) is 23.8 Å². The lowest BCUT2D eigenvalue weighted by Gasteiger charge is -2.47. The van der Waals surface area contributed by atoms with Crippen molar-refractivity contribution in [3.63, 3.8) is 0 Å². The van der Waals surface area contributed by atoms with E-state index in [9.17, 15) is 9.90 Å². The highest BCUT2D eigenvalue weighted by atomic mass is 16.6. The summed E-state index contributed by atoms with van der Waals surface area (Å²) in [4.78, 5) is 19.8. The summed E-state index contributed by atoms with van der Waals surface area (Å²) in [5.41, 5.74) is 3.85. The fourth-order valence-corrected chi connectivity index (χ4v) is 4.89. The van der Waals surface area contributed by atoms with Gasteiger partial charge in [0, 0.05) is 43.0 Å². The van der Waals surface area contributed by atoms with Gasteiger partial charge in [-0.05, 0) is 81.5 Å². The molecule has 2 aliphatic rings. The molecule has 1 saturated heterocycles. The maximum Gasteiger partial charge on any atom is 0.407 e. The van der Waals surface area contributed by atoms with Crippen LogP contribution in [-0.4, -0.2) is 52.9 Å². The Morgan fingerprint density at radius 3 is 2.75 bits per heavy atom. The van der Waals surface area contributed by atoms with Gasteiger partial charge in [-0.3, -0.25) is 9.88 Å². The molecule has 7 heteroatoms. The lowest BCUT2D eigenvalue weighted by Crippen LogP contribution is -2.53. The minimum Gasteiger partial charge on any atom is -0.504 e. The maximum atomic E-state index is 12.7. The van der Waals surface area contributed by atoms with Crippen LogP contribution in [0.5, 0.6) is 11.5 Å². The molecular formula is C25H33N3O4. The lowest BCUT2D eigenvalue weighted by atomic mass is 9.79. The minimum atomic E-state index is -0.565. The fraction of sp³-hybridized carbons (Fsp3) is 0.520. The molecular weight excluding hydrogens is 406 g/mol. The number of nitrogens with zero attached hydrogens (tertiary/aromatic N) is 2. The summed E-state index contributed by atoms with van der Waals surface area (Å²) < 4.78 is 10.9. The number of hydrogen-bond donors (Lipinski definition) is 2. The zero-order valence-electron chi connectivity index (χ0n) is 19.5. The predicted molar refractivity (Wildman–Crippen MR) is 122 cm³/mol. The highest BCUT2D eigenvalue weighted by Crippen LogP contribution is 2.44. The Labute approximate surface area is 189 Å². The number of ether oxygens (including phenoxy) is 2. The number of phenolic OH excluding ortho intramolecular Hbond substituents is 1. The summed E-state index contributed by atoms with van der Waals surface area (Å²) in [6, 6.07) is 7.84. The largest absolute Gasteiger partial charge is 0.504 e. The number of rotatable bonds is 3. The van der Waals surface area contributed by atoms with Crippen LogP contribution in [0.3, 0.4) is 0 Å². The van der Waals surface area contributed by atoms with Crippen molar-refractivity contribution in [3.05, 3.63) is 52.8 Å². The Hall–Kier alpha value is -2.80. The van der Waals surface area contributed by atoms with E-state index in [0.29, 0.717) is 5.75 Å². The smallest absolute Gasteiger partial charge is 0.407 e. The van der Waals surface area contributed by atoms with Crippen molar-refractivity contribution in [2.45, 2.75) is 64.1 Å². The van der Waals surface area contributed by atoms with Gasteiger partial charge < -0.3 is 19.9 Å². The zero-order chi connectivity index (χ0) is 23.0. The van der Waals surface area contributed by atoms with Crippen LogP contribution in [0, 0.1) is 6.92 Å². The molecule has 3 atom stereocenters. The molecule has 0 saturated carbocycles. The molecule has 0 radical (unpaired) electrons. The molecule has 1 aromatic carbocycles. The quantitative estimate of drug-likeness (QED) is 0.750.